The first-order valence-electron chi connectivity index (χ1n) is 9.09. The first-order chi connectivity index (χ1) is 12.1. The third kappa shape index (κ3) is 8.14. The predicted molar refractivity (Wildman–Crippen MR) is 120 cm³/mol. The van der Waals surface area contributed by atoms with Crippen molar-refractivity contribution in [2.24, 2.45) is 12.0 Å². The molecule has 0 radical (unpaired) electrons. The third-order valence-corrected chi connectivity index (χ3v) is 4.69. The summed E-state index contributed by atoms with van der Waals surface area (Å²) in [7, 11) is 4.13. The zero-order chi connectivity index (χ0) is 18.1. The van der Waals surface area contributed by atoms with Crippen molar-refractivity contribution in [2.45, 2.75) is 38.8 Å². The van der Waals surface area contributed by atoms with Gasteiger partial charge in [-0.1, -0.05) is 0 Å². The minimum atomic E-state index is 0. The van der Waals surface area contributed by atoms with E-state index in [1.807, 2.05) is 0 Å². The highest BCUT2D eigenvalue weighted by molar-refractivity contribution is 14.0. The van der Waals surface area contributed by atoms with Gasteiger partial charge in [-0.15, -0.1) is 24.0 Å². The van der Waals surface area contributed by atoms with Crippen LogP contribution in [0.25, 0.3) is 0 Å². The van der Waals surface area contributed by atoms with Crippen LogP contribution in [0.5, 0.6) is 0 Å². The van der Waals surface area contributed by atoms with Crippen molar-refractivity contribution < 1.29 is 9.47 Å². The molecule has 2 heterocycles. The molecule has 0 saturated carbocycles. The molecule has 0 aromatic carbocycles. The van der Waals surface area contributed by atoms with Gasteiger partial charge in [-0.3, -0.25) is 4.99 Å². The van der Waals surface area contributed by atoms with E-state index in [4.69, 9.17) is 14.5 Å². The number of guanidine groups is 1. The molecule has 1 N–H and O–H groups in total. The Morgan fingerprint density at radius 2 is 2.19 bits per heavy atom. The van der Waals surface area contributed by atoms with Crippen molar-refractivity contribution in [3.05, 3.63) is 22.4 Å². The second-order valence-electron chi connectivity index (χ2n) is 6.39. The highest BCUT2D eigenvalue weighted by Gasteiger charge is 2.13. The molecule has 8 heteroatoms. The van der Waals surface area contributed by atoms with Gasteiger partial charge in [0.05, 0.1) is 12.6 Å². The minimum absolute atomic E-state index is 0. The average Bonchev–Trinajstić information content (AvgIpc) is 2.91. The van der Waals surface area contributed by atoms with Crippen LogP contribution in [0.2, 0.25) is 0 Å². The van der Waals surface area contributed by atoms with Gasteiger partial charge in [0.25, 0.3) is 0 Å². The van der Waals surface area contributed by atoms with Gasteiger partial charge in [-0.2, -0.15) is 0 Å². The largest absolute Gasteiger partial charge is 0.381 e. The summed E-state index contributed by atoms with van der Waals surface area (Å²) < 4.78 is 14.5. The average molecular weight is 543 g/mol. The maximum Gasteiger partial charge on any atom is 0.194 e. The van der Waals surface area contributed by atoms with E-state index in [2.05, 4.69) is 64.0 Å². The summed E-state index contributed by atoms with van der Waals surface area (Å²) in [5.41, 5.74) is 1.24. The molecule has 1 fully saturated rings. The van der Waals surface area contributed by atoms with E-state index in [0.29, 0.717) is 6.10 Å². The van der Waals surface area contributed by atoms with E-state index < -0.39 is 0 Å². The Balaban J connectivity index is 0.00000338. The fourth-order valence-corrected chi connectivity index (χ4v) is 3.42. The summed E-state index contributed by atoms with van der Waals surface area (Å²) in [6.07, 6.45) is 5.41. The molecule has 0 unspecified atom stereocenters. The van der Waals surface area contributed by atoms with Crippen molar-refractivity contribution in [1.29, 1.82) is 0 Å². The molecule has 1 aromatic heterocycles. The van der Waals surface area contributed by atoms with E-state index in [1.54, 1.807) is 0 Å². The molecule has 150 valence electrons. The quantitative estimate of drug-likeness (QED) is 0.237. The van der Waals surface area contributed by atoms with Crippen molar-refractivity contribution in [3.8, 4) is 0 Å². The number of hydrogen-bond acceptors (Lipinski definition) is 3. The van der Waals surface area contributed by atoms with Crippen molar-refractivity contribution >= 4 is 45.9 Å². The van der Waals surface area contributed by atoms with Crippen molar-refractivity contribution in [1.82, 2.24) is 14.8 Å². The lowest BCUT2D eigenvalue weighted by Crippen LogP contribution is -2.39. The molecular formula is C18H32BrIN4O2. The van der Waals surface area contributed by atoms with E-state index in [0.717, 1.165) is 69.1 Å². The molecule has 6 nitrogen and oxygen atoms in total. The second kappa shape index (κ2) is 13.0. The topological polar surface area (TPSA) is 51.0 Å². The van der Waals surface area contributed by atoms with Gasteiger partial charge in [0.2, 0.25) is 0 Å². The zero-order valence-corrected chi connectivity index (χ0v) is 20.0. The fourth-order valence-electron chi connectivity index (χ4n) is 2.85. The molecule has 0 spiro atoms. The van der Waals surface area contributed by atoms with Crippen LogP contribution in [0.3, 0.4) is 0 Å². The number of ether oxygens (including phenoxy) is 2. The molecule has 26 heavy (non-hydrogen) atoms. The summed E-state index contributed by atoms with van der Waals surface area (Å²) in [6.45, 7) is 6.96. The van der Waals surface area contributed by atoms with E-state index in [9.17, 15) is 0 Å². The maximum atomic E-state index is 5.91. The standard InChI is InChI=1S/C18H31BrN4O2.HI/c1-4-20-18(23(3)14-16-12-15(19)13-22(16)2)21-8-5-9-25-17-6-10-24-11-7-17;/h12-13,17H,4-11,14H2,1-3H3,(H,20,21);1H. The van der Waals surface area contributed by atoms with Crippen LogP contribution in [0.1, 0.15) is 31.9 Å². The highest BCUT2D eigenvalue weighted by atomic mass is 127. The van der Waals surface area contributed by atoms with Gasteiger partial charge in [0, 0.05) is 63.4 Å². The SMILES string of the molecule is CCNC(=NCCCOC1CCOCC1)N(C)Cc1cc(Br)cn1C.I. The number of hydrogen-bond donors (Lipinski definition) is 1. The Morgan fingerprint density at radius 1 is 1.46 bits per heavy atom. The molecule has 0 atom stereocenters. The normalized spacial score (nSPS) is 15.6. The van der Waals surface area contributed by atoms with Crippen molar-refractivity contribution in [2.75, 3.05) is 40.0 Å². The van der Waals surface area contributed by atoms with E-state index in [1.165, 1.54) is 5.69 Å². The van der Waals surface area contributed by atoms with Gasteiger partial charge >= 0.3 is 0 Å². The molecule has 0 amide bonds. The molecule has 1 saturated heterocycles. The summed E-state index contributed by atoms with van der Waals surface area (Å²) in [5.74, 6) is 0.936. The van der Waals surface area contributed by atoms with Gasteiger partial charge in [-0.25, -0.2) is 0 Å². The Bertz CT molecular complexity index is 547. The van der Waals surface area contributed by atoms with E-state index >= 15 is 0 Å². The van der Waals surface area contributed by atoms with Crippen LogP contribution >= 0.6 is 39.9 Å². The van der Waals surface area contributed by atoms with Crippen LogP contribution in [0.15, 0.2) is 21.7 Å². The number of nitrogens with zero attached hydrogens (tertiary/aromatic N) is 3. The molecule has 1 aliphatic heterocycles. The second-order valence-corrected chi connectivity index (χ2v) is 7.30. The van der Waals surface area contributed by atoms with Gasteiger partial charge < -0.3 is 24.3 Å². The van der Waals surface area contributed by atoms with Crippen LogP contribution in [-0.2, 0) is 23.1 Å². The van der Waals surface area contributed by atoms with Crippen LogP contribution in [0.4, 0.5) is 0 Å². The lowest BCUT2D eigenvalue weighted by atomic mass is 10.1. The first kappa shape index (κ1) is 23.7. The number of nitrogens with one attached hydrogen (secondary N) is 1. The third-order valence-electron chi connectivity index (χ3n) is 4.26. The summed E-state index contributed by atoms with van der Waals surface area (Å²) in [4.78, 5) is 6.89. The van der Waals surface area contributed by atoms with Crippen LogP contribution < -0.4 is 5.32 Å². The smallest absolute Gasteiger partial charge is 0.194 e. The molecule has 0 bridgehead atoms. The zero-order valence-electron chi connectivity index (χ0n) is 16.0. The lowest BCUT2D eigenvalue weighted by Gasteiger charge is -2.23. The van der Waals surface area contributed by atoms with E-state index in [-0.39, 0.29) is 24.0 Å². The van der Waals surface area contributed by atoms with Gasteiger partial charge in [0.15, 0.2) is 5.96 Å². The van der Waals surface area contributed by atoms with Crippen molar-refractivity contribution in [3.63, 3.8) is 0 Å². The minimum Gasteiger partial charge on any atom is -0.381 e. The number of aromatic nitrogens is 1. The first-order valence-corrected chi connectivity index (χ1v) is 9.89. The Morgan fingerprint density at radius 3 is 2.81 bits per heavy atom. The lowest BCUT2D eigenvalue weighted by molar-refractivity contribution is -0.0318. The molecule has 1 aromatic rings. The van der Waals surface area contributed by atoms with Crippen LogP contribution in [0, 0.1) is 0 Å². The monoisotopic (exact) mass is 542 g/mol. The van der Waals surface area contributed by atoms with Gasteiger partial charge in [0.1, 0.15) is 0 Å². The Kier molecular flexibility index (Phi) is 11.8. The Hall–Kier alpha value is -0.320. The Labute approximate surface area is 182 Å². The number of halogens is 2. The fraction of sp³-hybridized carbons (Fsp3) is 0.722. The summed E-state index contributed by atoms with van der Waals surface area (Å²) in [6, 6.07) is 2.14. The summed E-state index contributed by atoms with van der Waals surface area (Å²) in [5, 5.41) is 3.37. The number of aryl methyl sites for hydroxylation is 1. The van der Waals surface area contributed by atoms with Crippen LogP contribution in [-0.4, -0.2) is 61.5 Å². The van der Waals surface area contributed by atoms with Gasteiger partial charge in [-0.05, 0) is 48.2 Å². The maximum absolute atomic E-state index is 5.91. The number of aliphatic imine (C=N–C) groups is 1. The molecule has 1 aliphatic rings. The molecule has 2 rings (SSSR count). The summed E-state index contributed by atoms with van der Waals surface area (Å²) >= 11 is 3.53. The number of rotatable bonds is 8. The highest BCUT2D eigenvalue weighted by Crippen LogP contribution is 2.15. The molecular weight excluding hydrogens is 511 g/mol. The molecule has 0 aliphatic carbocycles. The predicted octanol–water partition coefficient (Wildman–Crippen LogP) is 3.39.